The third-order valence-electron chi connectivity index (χ3n) is 20.4. The first-order chi connectivity index (χ1) is 39.3. The molecule has 5 heterocycles. The molecule has 1 aromatic heterocycles. The zero-order valence-corrected chi connectivity index (χ0v) is 49.5. The van der Waals surface area contributed by atoms with Crippen LogP contribution >= 0.6 is 43.2 Å². The van der Waals surface area contributed by atoms with E-state index in [0.717, 1.165) is 115 Å². The van der Waals surface area contributed by atoms with Gasteiger partial charge >= 0.3 is 0 Å². The Morgan fingerprint density at radius 1 is 0.852 bits per heavy atom. The minimum atomic E-state index is -1.000. The van der Waals surface area contributed by atoms with Gasteiger partial charge in [-0.05, 0) is 193 Å². The number of piperidine rings is 1. The van der Waals surface area contributed by atoms with Crippen LogP contribution in [0.5, 0.6) is 23.0 Å². The van der Waals surface area contributed by atoms with Crippen LogP contribution in [0.15, 0.2) is 63.8 Å². The maximum Gasteiger partial charge on any atom is 0.238 e. The number of ether oxygens (including phenoxy) is 1. The lowest BCUT2D eigenvalue weighted by molar-refractivity contribution is -0.100. The van der Waals surface area contributed by atoms with Gasteiger partial charge in [-0.1, -0.05) is 106 Å². The monoisotopic (exact) mass is 1170 g/mol. The van der Waals surface area contributed by atoms with E-state index in [1.807, 2.05) is 16.9 Å². The molecule has 0 amide bonds. The number of phenols is 2. The van der Waals surface area contributed by atoms with E-state index in [4.69, 9.17) is 9.15 Å². The molecule has 8 aliphatic rings. The standard InChI is InChI=1S/C66H75NO10S4/c1-32(2)22-37-26-44(47-31-79-80-52-12-6-19-67-58(52)35-9-5-8-33(23-35)24-43(47)59(37)71)63-62(74)61(73)57-51(77-63)29-49(70)55-45-27-42-39(17-20-68)41(36-13-15-38-10-3-4-18-66(38,75)30-36)25-34-14-16-40-56(53(34)42)54(45)46-28-50(76-64(55)57)48(69)11-7-21-78-81-65(40)60(46)72/h5,8-9,14,16,23,26-27,29,32,36,38-39,41,46,48,50,52,58,60,65,67-72,74-75H,3-4,6-7,10-13,15,17-22,24-25,28,30-31H2,1-2H3/t36-,38-,39-,41+,46+,48-,50+,52-,58-,60-,65-,66-/m0/s1. The van der Waals surface area contributed by atoms with Gasteiger partial charge in [-0.2, -0.15) is 0 Å². The Morgan fingerprint density at radius 3 is 2.58 bits per heavy atom. The molecule has 4 fully saturated rings. The van der Waals surface area contributed by atoms with E-state index >= 15 is 4.79 Å². The van der Waals surface area contributed by atoms with Crippen molar-refractivity contribution in [2.24, 2.45) is 23.7 Å². The summed E-state index contributed by atoms with van der Waals surface area (Å²) in [5, 5.41) is 92.4. The predicted octanol–water partition coefficient (Wildman–Crippen LogP) is 13.4. The molecule has 0 unspecified atom stereocenters. The summed E-state index contributed by atoms with van der Waals surface area (Å²) >= 11 is 0. The van der Waals surface area contributed by atoms with Gasteiger partial charge in [0.15, 0.2) is 5.76 Å². The van der Waals surface area contributed by atoms with Crippen LogP contribution < -0.4 is 15.5 Å². The highest BCUT2D eigenvalue weighted by molar-refractivity contribution is 8.77. The Hall–Kier alpha value is -4.03. The highest BCUT2D eigenvalue weighted by Crippen LogP contribution is 2.63. The third kappa shape index (κ3) is 9.34. The molecule has 2 saturated carbocycles. The van der Waals surface area contributed by atoms with Crippen molar-refractivity contribution < 1.29 is 44.9 Å². The van der Waals surface area contributed by atoms with Crippen molar-refractivity contribution in [2.75, 3.05) is 18.9 Å². The third-order valence-corrected chi connectivity index (χ3v) is 26.0. The number of hydrogen-bond donors (Lipinski definition) is 8. The average Bonchev–Trinajstić information content (AvgIpc) is 2.53. The second-order valence-electron chi connectivity index (χ2n) is 25.6. The second kappa shape index (κ2) is 21.8. The van der Waals surface area contributed by atoms with Gasteiger partial charge in [-0.25, -0.2) is 0 Å². The SMILES string of the molecule is CC(C)Cc1cc(-c2oc3cc(O)c4c(c3c(=O)c2O)O[C@@H]2C[C@@H]3c5c-4cc4c6c(ccc(c56)[C@H](SSCCC[C@@H]2O)[C@H]3O)C[C@H]([C@H]2CC[C@@H]3CCCC[C@]3(O)C2)[C@@H]4CCO)c2c(c1O)Cc1cccc(c1)[C@@H]1NCCC[C@@H]1SSC2. The summed E-state index contributed by atoms with van der Waals surface area (Å²) in [7, 11) is 6.91. The van der Waals surface area contributed by atoms with Crippen molar-refractivity contribution in [3.8, 4) is 45.4 Å². The van der Waals surface area contributed by atoms with E-state index < -0.39 is 41.0 Å². The molecule has 8 N–H and O–H groups in total. The molecule has 14 rings (SSSR count). The molecule has 6 aromatic rings. The first kappa shape index (κ1) is 54.9. The minimum Gasteiger partial charge on any atom is -0.507 e. The van der Waals surface area contributed by atoms with Crippen LogP contribution in [0.1, 0.15) is 171 Å². The number of aliphatic hydroxyl groups is 4. The fourth-order valence-corrected chi connectivity index (χ4v) is 22.5. The van der Waals surface area contributed by atoms with Crippen LogP contribution in [0.4, 0.5) is 0 Å². The lowest BCUT2D eigenvalue weighted by Crippen LogP contribution is -2.48. The fourth-order valence-electron chi connectivity index (χ4n) is 16.6. The van der Waals surface area contributed by atoms with Gasteiger partial charge in [-0.3, -0.25) is 4.79 Å². The number of nitrogens with one attached hydrogen (secondary N) is 1. The Balaban J connectivity index is 0.987. The van der Waals surface area contributed by atoms with Crippen molar-refractivity contribution in [3.63, 3.8) is 0 Å². The van der Waals surface area contributed by atoms with E-state index in [2.05, 4.69) is 61.6 Å². The summed E-state index contributed by atoms with van der Waals surface area (Å²) in [4.78, 5) is 15.7. The van der Waals surface area contributed by atoms with Crippen LogP contribution in [-0.4, -0.2) is 83.8 Å². The topological polar surface area (TPSA) is 193 Å². The predicted molar refractivity (Wildman–Crippen MR) is 328 cm³/mol. The van der Waals surface area contributed by atoms with Gasteiger partial charge in [-0.15, -0.1) is 0 Å². The lowest BCUT2D eigenvalue weighted by Gasteiger charge is -2.50. The van der Waals surface area contributed by atoms with Crippen LogP contribution in [0, 0.1) is 23.7 Å². The van der Waals surface area contributed by atoms with Crippen molar-refractivity contribution in [1.29, 1.82) is 0 Å². The summed E-state index contributed by atoms with van der Waals surface area (Å²) in [6, 6.07) is 18.7. The first-order valence-corrected chi connectivity index (χ1v) is 34.8. The number of aliphatic hydroxyl groups excluding tert-OH is 3. The zero-order valence-electron chi connectivity index (χ0n) is 46.3. The molecule has 11 nitrogen and oxygen atoms in total. The van der Waals surface area contributed by atoms with Gasteiger partial charge in [0, 0.05) is 58.9 Å². The second-order valence-corrected chi connectivity index (χ2v) is 30.8. The number of fused-ring (bicyclic) bond motifs is 13. The molecule has 5 bridgehead atoms. The molecule has 2 saturated heterocycles. The van der Waals surface area contributed by atoms with Crippen LogP contribution in [0.2, 0.25) is 0 Å². The lowest BCUT2D eigenvalue weighted by atomic mass is 9.57. The van der Waals surface area contributed by atoms with Crippen molar-refractivity contribution in [1.82, 2.24) is 5.32 Å². The maximum atomic E-state index is 15.7. The Kier molecular flexibility index (Phi) is 14.8. The summed E-state index contributed by atoms with van der Waals surface area (Å²) < 4.78 is 14.1. The molecule has 5 aromatic carbocycles. The quantitative estimate of drug-likeness (QED) is 0.0734. The van der Waals surface area contributed by atoms with Crippen molar-refractivity contribution in [3.05, 3.63) is 115 Å². The molecule has 0 radical (unpaired) electrons. The summed E-state index contributed by atoms with van der Waals surface area (Å²) in [6.45, 7) is 5.10. The average molecular weight is 1170 g/mol. The zero-order chi connectivity index (χ0) is 55.6. The van der Waals surface area contributed by atoms with E-state index in [-0.39, 0.29) is 87.5 Å². The van der Waals surface area contributed by atoms with Crippen LogP contribution in [0.25, 0.3) is 44.2 Å². The summed E-state index contributed by atoms with van der Waals surface area (Å²) in [6.07, 6.45) is 9.68. The van der Waals surface area contributed by atoms with Gasteiger partial charge in [0.2, 0.25) is 11.2 Å². The normalized spacial score (nSPS) is 30.7. The molecular formula is C66H75NO10S4. The van der Waals surface area contributed by atoms with Crippen molar-refractivity contribution in [2.45, 2.75) is 175 Å². The first-order valence-electron chi connectivity index (χ1n) is 30.1. The van der Waals surface area contributed by atoms with Gasteiger partial charge in [0.1, 0.15) is 34.3 Å². The molecular weight excluding hydrogens is 1090 g/mol. The molecule has 81 heavy (non-hydrogen) atoms. The largest absolute Gasteiger partial charge is 0.507 e. The number of aromatic hydroxyl groups is 3. The molecule has 428 valence electrons. The molecule has 0 spiro atoms. The number of hydrogen-bond acceptors (Lipinski definition) is 15. The summed E-state index contributed by atoms with van der Waals surface area (Å²) in [5.41, 5.74) is 8.42. The minimum absolute atomic E-state index is 0.00296. The van der Waals surface area contributed by atoms with E-state index in [1.165, 1.54) is 17.2 Å². The molecule has 12 atom stereocenters. The number of phenolic OH excluding ortho intramolecular Hbond substituents is 2. The van der Waals surface area contributed by atoms with Crippen molar-refractivity contribution >= 4 is 64.9 Å². The van der Waals surface area contributed by atoms with E-state index in [0.29, 0.717) is 71.3 Å². The fraction of sp³-hybridized carbons (Fsp3) is 0.530. The molecule has 4 aliphatic carbocycles. The Labute approximate surface area is 489 Å². The highest BCUT2D eigenvalue weighted by atomic mass is 33.1. The smallest absolute Gasteiger partial charge is 0.238 e. The highest BCUT2D eigenvalue weighted by Gasteiger charge is 2.50. The molecule has 4 aliphatic heterocycles. The molecule has 15 heteroatoms. The Morgan fingerprint density at radius 2 is 1.73 bits per heavy atom. The van der Waals surface area contributed by atoms with E-state index in [9.17, 15) is 35.7 Å². The van der Waals surface area contributed by atoms with E-state index in [1.54, 1.807) is 32.4 Å². The number of rotatable bonds is 6. The number of benzene rings is 5. The van der Waals surface area contributed by atoms with Crippen LogP contribution in [-0.2, 0) is 25.0 Å². The maximum absolute atomic E-state index is 15.7. The summed E-state index contributed by atoms with van der Waals surface area (Å²) in [5.74, 6) is 0.699. The van der Waals surface area contributed by atoms with Gasteiger partial charge < -0.3 is 50.2 Å². The van der Waals surface area contributed by atoms with Crippen LogP contribution in [0.3, 0.4) is 0 Å². The van der Waals surface area contributed by atoms with Gasteiger partial charge in [0.25, 0.3) is 0 Å². The Bertz CT molecular complexity index is 3530. The van der Waals surface area contributed by atoms with Gasteiger partial charge in [0.05, 0.1) is 28.6 Å².